The first-order valence-electron chi connectivity index (χ1n) is 7.18. The summed E-state index contributed by atoms with van der Waals surface area (Å²) in [5.41, 5.74) is -0.172. The van der Waals surface area contributed by atoms with E-state index in [4.69, 9.17) is 4.74 Å². The smallest absolute Gasteiger partial charge is 0.280 e. The molecule has 0 saturated carbocycles. The quantitative estimate of drug-likeness (QED) is 0.629. The second-order valence-corrected chi connectivity index (χ2v) is 5.16. The first kappa shape index (κ1) is 15.8. The molecule has 0 N–H and O–H groups in total. The molecular formula is C16H12N2O6. The number of carbonyl (C=O) groups is 1. The third-order valence-corrected chi connectivity index (χ3v) is 3.90. The number of hydrogen-bond donors (Lipinski definition) is 0. The van der Waals surface area contributed by atoms with Crippen LogP contribution in [0.25, 0.3) is 0 Å². The molecule has 2 aromatic carbocycles. The summed E-state index contributed by atoms with van der Waals surface area (Å²) < 4.78 is 5.63. The second-order valence-electron chi connectivity index (χ2n) is 5.16. The van der Waals surface area contributed by atoms with Crippen LogP contribution in [-0.4, -0.2) is 22.2 Å². The fraction of sp³-hybridized carbons (Fsp3) is 0.188. The van der Waals surface area contributed by atoms with Gasteiger partial charge in [-0.25, -0.2) is 0 Å². The topological polar surface area (TPSA) is 113 Å². The van der Waals surface area contributed by atoms with Crippen LogP contribution in [0.2, 0.25) is 0 Å². The van der Waals surface area contributed by atoms with Gasteiger partial charge in [0.25, 0.3) is 11.4 Å². The summed E-state index contributed by atoms with van der Waals surface area (Å²) in [6.45, 7) is 1.94. The number of ketones is 1. The van der Waals surface area contributed by atoms with Crippen LogP contribution in [0.15, 0.2) is 36.4 Å². The van der Waals surface area contributed by atoms with Crippen LogP contribution >= 0.6 is 0 Å². The first-order chi connectivity index (χ1) is 11.5. The van der Waals surface area contributed by atoms with Crippen LogP contribution in [-0.2, 0) is 4.74 Å². The molecule has 3 rings (SSSR count). The summed E-state index contributed by atoms with van der Waals surface area (Å²) in [6, 6.07) is 8.31. The number of ether oxygens (including phenoxy) is 1. The zero-order valence-electron chi connectivity index (χ0n) is 12.6. The Morgan fingerprint density at radius 2 is 1.67 bits per heavy atom. The van der Waals surface area contributed by atoms with E-state index in [0.717, 1.165) is 0 Å². The average Bonchev–Trinajstić information content (AvgIpc) is 2.57. The molecule has 24 heavy (non-hydrogen) atoms. The number of fused-ring (bicyclic) bond motifs is 2. The number of rotatable bonds is 4. The summed E-state index contributed by atoms with van der Waals surface area (Å²) in [7, 11) is 0. The molecule has 0 bridgehead atoms. The monoisotopic (exact) mass is 328 g/mol. The van der Waals surface area contributed by atoms with Gasteiger partial charge in [-0.15, -0.1) is 0 Å². The van der Waals surface area contributed by atoms with Crippen LogP contribution in [0.3, 0.4) is 0 Å². The van der Waals surface area contributed by atoms with Crippen molar-refractivity contribution in [2.24, 2.45) is 0 Å². The third kappa shape index (κ3) is 2.24. The van der Waals surface area contributed by atoms with E-state index in [9.17, 15) is 25.0 Å². The van der Waals surface area contributed by atoms with Gasteiger partial charge in [-0.1, -0.05) is 24.3 Å². The Morgan fingerprint density at radius 1 is 1.04 bits per heavy atom. The van der Waals surface area contributed by atoms with Crippen LogP contribution in [0.1, 0.15) is 40.1 Å². The lowest BCUT2D eigenvalue weighted by Crippen LogP contribution is -2.23. The van der Waals surface area contributed by atoms with Gasteiger partial charge < -0.3 is 4.74 Å². The maximum Gasteiger partial charge on any atom is 0.280 e. The highest BCUT2D eigenvalue weighted by atomic mass is 16.6. The SMILES string of the molecule is CCOC1c2cccc([N+](=O)[O-])c2C(=O)c2cccc([N+](=O)[O-])c21. The van der Waals surface area contributed by atoms with E-state index in [1.807, 2.05) is 0 Å². The molecule has 8 heteroatoms. The Bertz CT molecular complexity index is 877. The van der Waals surface area contributed by atoms with Crippen LogP contribution in [0.5, 0.6) is 0 Å². The molecule has 0 radical (unpaired) electrons. The van der Waals surface area contributed by atoms with Gasteiger partial charge >= 0.3 is 0 Å². The average molecular weight is 328 g/mol. The molecule has 1 atom stereocenters. The molecule has 0 amide bonds. The fourth-order valence-electron chi connectivity index (χ4n) is 2.99. The maximum atomic E-state index is 12.8. The molecule has 0 aromatic heterocycles. The molecule has 0 aliphatic heterocycles. The normalized spacial score (nSPS) is 15.5. The zero-order valence-corrected chi connectivity index (χ0v) is 12.6. The van der Waals surface area contributed by atoms with E-state index in [1.165, 1.54) is 36.4 Å². The van der Waals surface area contributed by atoms with Crippen molar-refractivity contribution in [2.75, 3.05) is 6.61 Å². The van der Waals surface area contributed by atoms with E-state index in [-0.39, 0.29) is 40.2 Å². The molecule has 2 aromatic rings. The standard InChI is InChI=1S/C16H12N2O6/c1-2-24-16-10-6-4-7-11(17(20)21)13(10)15(19)9-5-3-8-12(14(9)16)18(22)23/h3-8,16H,2H2,1H3. The number of benzene rings is 2. The van der Waals surface area contributed by atoms with Gasteiger partial charge in [0.1, 0.15) is 11.7 Å². The van der Waals surface area contributed by atoms with Crippen LogP contribution in [0.4, 0.5) is 11.4 Å². The van der Waals surface area contributed by atoms with Crippen molar-refractivity contribution in [1.82, 2.24) is 0 Å². The summed E-state index contributed by atoms with van der Waals surface area (Å²) in [5, 5.41) is 22.6. The highest BCUT2D eigenvalue weighted by molar-refractivity contribution is 6.15. The van der Waals surface area contributed by atoms with Crippen molar-refractivity contribution in [2.45, 2.75) is 13.0 Å². The van der Waals surface area contributed by atoms with Gasteiger partial charge in [0.15, 0.2) is 0 Å². The third-order valence-electron chi connectivity index (χ3n) is 3.90. The lowest BCUT2D eigenvalue weighted by Gasteiger charge is -2.26. The second kappa shape index (κ2) is 5.82. The van der Waals surface area contributed by atoms with Crippen LogP contribution < -0.4 is 0 Å². The van der Waals surface area contributed by atoms with Crippen molar-refractivity contribution in [1.29, 1.82) is 0 Å². The van der Waals surface area contributed by atoms with Gasteiger partial charge in [0.05, 0.1) is 15.4 Å². The molecule has 122 valence electrons. The van der Waals surface area contributed by atoms with E-state index >= 15 is 0 Å². The Hall–Kier alpha value is -3.13. The van der Waals surface area contributed by atoms with Crippen molar-refractivity contribution in [3.8, 4) is 0 Å². The van der Waals surface area contributed by atoms with Crippen LogP contribution in [0, 0.1) is 20.2 Å². The number of carbonyl (C=O) groups excluding carboxylic acids is 1. The number of nitrogens with zero attached hydrogens (tertiary/aromatic N) is 2. The van der Waals surface area contributed by atoms with Gasteiger partial charge in [0.2, 0.25) is 5.78 Å². The molecule has 1 aliphatic carbocycles. The highest BCUT2D eigenvalue weighted by Gasteiger charge is 2.40. The Kier molecular flexibility index (Phi) is 3.82. The van der Waals surface area contributed by atoms with Gasteiger partial charge in [-0.3, -0.25) is 25.0 Å². The molecule has 0 fully saturated rings. The molecule has 1 aliphatic rings. The van der Waals surface area contributed by atoms with Gasteiger partial charge in [-0.05, 0) is 6.92 Å². The number of nitro groups is 2. The lowest BCUT2D eigenvalue weighted by molar-refractivity contribution is -0.386. The van der Waals surface area contributed by atoms with E-state index in [1.54, 1.807) is 6.92 Å². The summed E-state index contributed by atoms with van der Waals surface area (Å²) in [6.07, 6.45) is -0.904. The summed E-state index contributed by atoms with van der Waals surface area (Å²) in [4.78, 5) is 34.2. The van der Waals surface area contributed by atoms with Crippen molar-refractivity contribution < 1.29 is 19.4 Å². The molecule has 0 saturated heterocycles. The predicted octanol–water partition coefficient (Wildman–Crippen LogP) is 3.17. The summed E-state index contributed by atoms with van der Waals surface area (Å²) >= 11 is 0. The number of nitro benzene ring substituents is 2. The van der Waals surface area contributed by atoms with Gasteiger partial charge in [0, 0.05) is 29.9 Å². The minimum absolute atomic E-state index is 0.0597. The zero-order chi connectivity index (χ0) is 17.4. The molecule has 8 nitrogen and oxygen atoms in total. The fourth-order valence-corrected chi connectivity index (χ4v) is 2.99. The largest absolute Gasteiger partial charge is 0.369 e. The Balaban J connectivity index is 2.36. The Labute approximate surface area is 136 Å². The molecule has 0 heterocycles. The van der Waals surface area contributed by atoms with E-state index < -0.39 is 21.7 Å². The van der Waals surface area contributed by atoms with Crippen molar-refractivity contribution >= 4 is 17.2 Å². The molecule has 1 unspecified atom stereocenters. The van der Waals surface area contributed by atoms with Gasteiger partial charge in [-0.2, -0.15) is 0 Å². The minimum Gasteiger partial charge on any atom is -0.369 e. The lowest BCUT2D eigenvalue weighted by atomic mass is 9.81. The molecular weight excluding hydrogens is 316 g/mol. The number of hydrogen-bond acceptors (Lipinski definition) is 6. The van der Waals surface area contributed by atoms with E-state index in [2.05, 4.69) is 0 Å². The minimum atomic E-state index is -0.904. The maximum absolute atomic E-state index is 12.8. The first-order valence-corrected chi connectivity index (χ1v) is 7.18. The highest BCUT2D eigenvalue weighted by Crippen LogP contribution is 2.44. The van der Waals surface area contributed by atoms with E-state index in [0.29, 0.717) is 0 Å². The summed E-state index contributed by atoms with van der Waals surface area (Å²) in [5.74, 6) is -0.605. The Morgan fingerprint density at radius 3 is 2.29 bits per heavy atom. The van der Waals surface area contributed by atoms with Crippen molar-refractivity contribution in [3.05, 3.63) is 78.9 Å². The molecule has 0 spiro atoms. The van der Waals surface area contributed by atoms with Crippen molar-refractivity contribution in [3.63, 3.8) is 0 Å². The predicted molar refractivity (Wildman–Crippen MR) is 83.1 cm³/mol.